The van der Waals surface area contributed by atoms with Crippen molar-refractivity contribution in [3.8, 4) is 5.75 Å². The van der Waals surface area contributed by atoms with Crippen molar-refractivity contribution in [2.45, 2.75) is 96.2 Å². The molecule has 1 fully saturated rings. The van der Waals surface area contributed by atoms with Crippen LogP contribution >= 0.6 is 0 Å². The predicted octanol–water partition coefficient (Wildman–Crippen LogP) is 5.87. The fourth-order valence-corrected chi connectivity index (χ4v) is 4.81. The molecule has 1 aliphatic rings. The Hall–Kier alpha value is -1.37. The smallest absolute Gasteiger partial charge is 0.306 e. The summed E-state index contributed by atoms with van der Waals surface area (Å²) in [5.74, 6) is -0.0859. The molecule has 1 saturated carbocycles. The fraction of sp³-hybridized carbons (Fsp3) is 0.696. The zero-order valence-electron chi connectivity index (χ0n) is 19.1. The summed E-state index contributed by atoms with van der Waals surface area (Å²) in [6, 6.07) is 5.99. The molecule has 2 unspecified atom stereocenters. The standard InChI is InChI=1S/C23H38O5Si/c1-16-12-13-17(14-19(16)26-5)22(28-29(6,7)23(2,3)4)20(15-21(24)25)27-18-10-8-9-11-18/h12-14,18,20,22H,8-11,15H2,1-7H3,(H,24,25). The first kappa shape index (κ1) is 23.9. The predicted molar refractivity (Wildman–Crippen MR) is 118 cm³/mol. The zero-order valence-corrected chi connectivity index (χ0v) is 20.1. The first-order valence-electron chi connectivity index (χ1n) is 10.6. The van der Waals surface area contributed by atoms with E-state index in [-0.39, 0.29) is 17.6 Å². The highest BCUT2D eigenvalue weighted by Crippen LogP contribution is 2.42. The minimum atomic E-state index is -2.18. The quantitative estimate of drug-likeness (QED) is 0.504. The lowest BCUT2D eigenvalue weighted by Gasteiger charge is -2.42. The summed E-state index contributed by atoms with van der Waals surface area (Å²) >= 11 is 0. The molecule has 5 nitrogen and oxygen atoms in total. The maximum atomic E-state index is 11.7. The van der Waals surface area contributed by atoms with Crippen LogP contribution in [0.4, 0.5) is 0 Å². The minimum Gasteiger partial charge on any atom is -0.496 e. The van der Waals surface area contributed by atoms with E-state index in [4.69, 9.17) is 13.9 Å². The number of aryl methyl sites for hydroxylation is 1. The van der Waals surface area contributed by atoms with Crippen molar-refractivity contribution < 1.29 is 23.8 Å². The van der Waals surface area contributed by atoms with E-state index in [2.05, 4.69) is 33.9 Å². The van der Waals surface area contributed by atoms with Gasteiger partial charge in [0.15, 0.2) is 8.32 Å². The summed E-state index contributed by atoms with van der Waals surface area (Å²) in [5.41, 5.74) is 1.95. The number of hydrogen-bond acceptors (Lipinski definition) is 4. The number of hydrogen-bond donors (Lipinski definition) is 1. The van der Waals surface area contributed by atoms with E-state index in [0.717, 1.165) is 42.6 Å². The van der Waals surface area contributed by atoms with E-state index in [1.807, 2.05) is 25.1 Å². The second kappa shape index (κ2) is 9.62. The molecule has 0 spiro atoms. The Bertz CT molecular complexity index is 689. The average molecular weight is 423 g/mol. The molecule has 6 heteroatoms. The van der Waals surface area contributed by atoms with Gasteiger partial charge in [-0.05, 0) is 55.1 Å². The van der Waals surface area contributed by atoms with Crippen molar-refractivity contribution in [2.24, 2.45) is 0 Å². The van der Waals surface area contributed by atoms with Gasteiger partial charge in [-0.3, -0.25) is 4.79 Å². The Balaban J connectivity index is 2.45. The number of aliphatic carboxylic acids is 1. The highest BCUT2D eigenvalue weighted by molar-refractivity contribution is 6.74. The molecule has 1 N–H and O–H groups in total. The van der Waals surface area contributed by atoms with E-state index < -0.39 is 26.5 Å². The van der Waals surface area contributed by atoms with E-state index >= 15 is 0 Å². The van der Waals surface area contributed by atoms with Crippen molar-refractivity contribution in [3.05, 3.63) is 29.3 Å². The molecule has 0 bridgehead atoms. The van der Waals surface area contributed by atoms with Crippen molar-refractivity contribution >= 4 is 14.3 Å². The monoisotopic (exact) mass is 422 g/mol. The number of carbonyl (C=O) groups is 1. The molecule has 0 heterocycles. The molecule has 1 aromatic rings. The lowest BCUT2D eigenvalue weighted by atomic mass is 10.00. The van der Waals surface area contributed by atoms with Crippen LogP contribution < -0.4 is 4.74 Å². The van der Waals surface area contributed by atoms with Crippen LogP contribution in [0, 0.1) is 6.92 Å². The van der Waals surface area contributed by atoms with Gasteiger partial charge in [-0.2, -0.15) is 0 Å². The van der Waals surface area contributed by atoms with Gasteiger partial charge in [0.1, 0.15) is 5.75 Å². The van der Waals surface area contributed by atoms with Crippen molar-refractivity contribution in [1.82, 2.24) is 0 Å². The van der Waals surface area contributed by atoms with Gasteiger partial charge in [0.25, 0.3) is 0 Å². The fourth-order valence-electron chi connectivity index (χ4n) is 3.54. The molecule has 0 aromatic heterocycles. The summed E-state index contributed by atoms with van der Waals surface area (Å²) in [6.07, 6.45) is 3.30. The molecular weight excluding hydrogens is 384 g/mol. The second-order valence-electron chi connectivity index (χ2n) is 9.71. The van der Waals surface area contributed by atoms with Crippen molar-refractivity contribution in [3.63, 3.8) is 0 Å². The molecule has 164 valence electrons. The average Bonchev–Trinajstić information content (AvgIpc) is 3.11. The SMILES string of the molecule is COc1cc(C(O[Si](C)(C)C(C)(C)C)C(CC(=O)O)OC2CCCC2)ccc1C. The van der Waals surface area contributed by atoms with Gasteiger partial charge < -0.3 is 19.0 Å². The first-order chi connectivity index (χ1) is 13.4. The lowest BCUT2D eigenvalue weighted by Crippen LogP contribution is -2.45. The third-order valence-electron chi connectivity index (χ3n) is 6.37. The summed E-state index contributed by atoms with van der Waals surface area (Å²) in [4.78, 5) is 11.7. The largest absolute Gasteiger partial charge is 0.496 e. The van der Waals surface area contributed by atoms with Crippen LogP contribution in [0.1, 0.15) is 70.1 Å². The molecule has 0 radical (unpaired) electrons. The van der Waals surface area contributed by atoms with Crippen LogP contribution in [0.25, 0.3) is 0 Å². The Labute approximate surface area is 176 Å². The van der Waals surface area contributed by atoms with Crippen LogP contribution in [0.5, 0.6) is 5.75 Å². The Kier molecular flexibility index (Phi) is 7.93. The van der Waals surface area contributed by atoms with E-state index in [9.17, 15) is 9.90 Å². The molecule has 0 amide bonds. The van der Waals surface area contributed by atoms with Gasteiger partial charge >= 0.3 is 5.97 Å². The Morgan fingerprint density at radius 1 is 1.24 bits per heavy atom. The topological polar surface area (TPSA) is 65.0 Å². The molecule has 0 saturated heterocycles. The number of rotatable bonds is 9. The van der Waals surface area contributed by atoms with Crippen LogP contribution in [0.3, 0.4) is 0 Å². The second-order valence-corrected chi connectivity index (χ2v) is 14.5. The highest BCUT2D eigenvalue weighted by Gasteiger charge is 2.42. The summed E-state index contributed by atoms with van der Waals surface area (Å²) in [6.45, 7) is 13.0. The molecular formula is C23H38O5Si. The minimum absolute atomic E-state index is 0.00116. The van der Waals surface area contributed by atoms with Gasteiger partial charge in [0, 0.05) is 0 Å². The lowest BCUT2D eigenvalue weighted by molar-refractivity contribution is -0.145. The summed E-state index contributed by atoms with van der Waals surface area (Å²) in [7, 11) is -0.523. The molecule has 2 atom stereocenters. The molecule has 1 aromatic carbocycles. The normalized spacial score (nSPS) is 17.9. The Morgan fingerprint density at radius 2 is 1.86 bits per heavy atom. The third kappa shape index (κ3) is 6.30. The highest BCUT2D eigenvalue weighted by atomic mass is 28.4. The number of carboxylic acids is 1. The molecule has 0 aliphatic heterocycles. The van der Waals surface area contributed by atoms with Gasteiger partial charge in [0.2, 0.25) is 0 Å². The maximum absolute atomic E-state index is 11.7. The van der Waals surface area contributed by atoms with Crippen LogP contribution in [0.2, 0.25) is 18.1 Å². The maximum Gasteiger partial charge on any atom is 0.306 e. The van der Waals surface area contributed by atoms with Crippen LogP contribution in [0.15, 0.2) is 18.2 Å². The zero-order chi connectivity index (χ0) is 21.8. The molecule has 1 aliphatic carbocycles. The first-order valence-corrected chi connectivity index (χ1v) is 13.5. The van der Waals surface area contributed by atoms with E-state index in [1.165, 1.54) is 0 Å². The van der Waals surface area contributed by atoms with Crippen molar-refractivity contribution in [2.75, 3.05) is 7.11 Å². The molecule has 29 heavy (non-hydrogen) atoms. The van der Waals surface area contributed by atoms with Crippen LogP contribution in [-0.2, 0) is 14.0 Å². The van der Waals surface area contributed by atoms with Crippen molar-refractivity contribution in [1.29, 1.82) is 0 Å². The summed E-state index contributed by atoms with van der Waals surface area (Å²) in [5, 5.41) is 9.61. The van der Waals surface area contributed by atoms with Gasteiger partial charge in [-0.25, -0.2) is 0 Å². The molecule has 2 rings (SSSR count). The third-order valence-corrected chi connectivity index (χ3v) is 10.8. The van der Waals surface area contributed by atoms with E-state index in [1.54, 1.807) is 7.11 Å². The number of ether oxygens (including phenoxy) is 2. The number of carboxylic acid groups (broad SMARTS) is 1. The van der Waals surface area contributed by atoms with Gasteiger partial charge in [-0.15, -0.1) is 0 Å². The van der Waals surface area contributed by atoms with E-state index in [0.29, 0.717) is 0 Å². The summed E-state index contributed by atoms with van der Waals surface area (Å²) < 4.78 is 18.7. The number of benzene rings is 1. The van der Waals surface area contributed by atoms with Gasteiger partial charge in [0.05, 0.1) is 31.8 Å². The van der Waals surface area contributed by atoms with Gasteiger partial charge in [-0.1, -0.05) is 45.7 Å². The Morgan fingerprint density at radius 3 is 2.38 bits per heavy atom. The number of methoxy groups -OCH3 is 1. The van der Waals surface area contributed by atoms with Crippen LogP contribution in [-0.4, -0.2) is 38.7 Å².